The van der Waals surface area contributed by atoms with E-state index in [0.29, 0.717) is 0 Å². The van der Waals surface area contributed by atoms with Gasteiger partial charge in [0, 0.05) is 6.04 Å². The molecule has 2 rings (SSSR count). The van der Waals surface area contributed by atoms with Gasteiger partial charge in [-0.15, -0.1) is 0 Å². The summed E-state index contributed by atoms with van der Waals surface area (Å²) in [6.45, 7) is 2.08. The second-order valence-corrected chi connectivity index (χ2v) is 5.28. The fraction of sp³-hybridized carbons (Fsp3) is 0.200. The first-order valence-corrected chi connectivity index (χ1v) is 7.06. The highest BCUT2D eigenvalue weighted by atomic mass is 127. The number of halogens is 1. The minimum absolute atomic E-state index is 0.107. The molecule has 2 aromatic carbocycles. The summed E-state index contributed by atoms with van der Waals surface area (Å²) in [4.78, 5) is 0. The lowest BCUT2D eigenvalue weighted by molar-refractivity contribution is 0.479. The summed E-state index contributed by atoms with van der Waals surface area (Å²) >= 11 is 2.27. The molecule has 0 bridgehead atoms. The summed E-state index contributed by atoms with van der Waals surface area (Å²) in [7, 11) is 0. The average molecular weight is 353 g/mol. The quantitative estimate of drug-likeness (QED) is 0.822. The summed E-state index contributed by atoms with van der Waals surface area (Å²) in [6.07, 6.45) is 0.941. The second-order valence-electron chi connectivity index (χ2n) is 4.12. The van der Waals surface area contributed by atoms with Crippen LogP contribution < -0.4 is 10.5 Å². The van der Waals surface area contributed by atoms with Gasteiger partial charge in [0.1, 0.15) is 11.5 Å². The minimum Gasteiger partial charge on any atom is -0.456 e. The van der Waals surface area contributed by atoms with Crippen LogP contribution in [0, 0.1) is 3.57 Å². The third-order valence-corrected chi connectivity index (χ3v) is 3.70. The van der Waals surface area contributed by atoms with Crippen LogP contribution in [0.1, 0.15) is 24.9 Å². The molecule has 0 saturated heterocycles. The van der Waals surface area contributed by atoms with E-state index in [2.05, 4.69) is 29.5 Å². The molecule has 0 aliphatic carbocycles. The third-order valence-electron chi connectivity index (χ3n) is 2.81. The Morgan fingerprint density at radius 3 is 2.39 bits per heavy atom. The Balaban J connectivity index is 2.14. The molecule has 0 radical (unpaired) electrons. The zero-order chi connectivity index (χ0) is 13.0. The molecule has 0 aromatic heterocycles. The monoisotopic (exact) mass is 353 g/mol. The van der Waals surface area contributed by atoms with E-state index < -0.39 is 0 Å². The molecule has 3 heteroatoms. The van der Waals surface area contributed by atoms with Crippen molar-refractivity contribution in [2.45, 2.75) is 19.4 Å². The van der Waals surface area contributed by atoms with E-state index in [1.165, 1.54) is 0 Å². The standard InChI is InChI=1S/C15H16INO/c1-2-14(17)11-7-9-12(10-8-11)18-15-6-4-3-5-13(15)16/h3-10,14H,2,17H2,1H3. The first-order chi connectivity index (χ1) is 8.70. The lowest BCUT2D eigenvalue weighted by Gasteiger charge is -2.11. The van der Waals surface area contributed by atoms with Crippen molar-refractivity contribution in [2.75, 3.05) is 0 Å². The molecule has 2 N–H and O–H groups in total. The van der Waals surface area contributed by atoms with Gasteiger partial charge in [0.05, 0.1) is 3.57 Å². The van der Waals surface area contributed by atoms with Crippen molar-refractivity contribution in [1.29, 1.82) is 0 Å². The summed E-state index contributed by atoms with van der Waals surface area (Å²) in [5, 5.41) is 0. The van der Waals surface area contributed by atoms with Crippen molar-refractivity contribution >= 4 is 22.6 Å². The topological polar surface area (TPSA) is 35.2 Å². The van der Waals surface area contributed by atoms with Crippen LogP contribution in [0.4, 0.5) is 0 Å². The molecule has 0 heterocycles. The largest absolute Gasteiger partial charge is 0.456 e. The number of rotatable bonds is 4. The number of hydrogen-bond acceptors (Lipinski definition) is 2. The van der Waals surface area contributed by atoms with Crippen molar-refractivity contribution in [3.63, 3.8) is 0 Å². The number of para-hydroxylation sites is 1. The van der Waals surface area contributed by atoms with Gasteiger partial charge in [0.25, 0.3) is 0 Å². The highest BCUT2D eigenvalue weighted by Gasteiger charge is 2.04. The van der Waals surface area contributed by atoms with Crippen molar-refractivity contribution < 1.29 is 4.74 Å². The molecule has 0 spiro atoms. The SMILES string of the molecule is CCC(N)c1ccc(Oc2ccccc2I)cc1. The van der Waals surface area contributed by atoms with Crippen molar-refractivity contribution in [1.82, 2.24) is 0 Å². The molecule has 0 aliphatic heterocycles. The fourth-order valence-electron chi connectivity index (χ4n) is 1.67. The summed E-state index contributed by atoms with van der Waals surface area (Å²) in [5.74, 6) is 1.72. The highest BCUT2D eigenvalue weighted by Crippen LogP contribution is 2.27. The first kappa shape index (κ1) is 13.4. The molecule has 94 valence electrons. The van der Waals surface area contributed by atoms with Crippen LogP contribution in [0.2, 0.25) is 0 Å². The van der Waals surface area contributed by atoms with E-state index in [1.807, 2.05) is 48.5 Å². The molecule has 1 atom stereocenters. The Labute approximate surface area is 121 Å². The van der Waals surface area contributed by atoms with Gasteiger partial charge in [-0.05, 0) is 58.8 Å². The minimum atomic E-state index is 0.107. The number of nitrogens with two attached hydrogens (primary N) is 1. The van der Waals surface area contributed by atoms with Gasteiger partial charge in [-0.1, -0.05) is 31.2 Å². The van der Waals surface area contributed by atoms with E-state index in [-0.39, 0.29) is 6.04 Å². The van der Waals surface area contributed by atoms with Gasteiger partial charge in [-0.2, -0.15) is 0 Å². The second kappa shape index (κ2) is 6.20. The Bertz CT molecular complexity index is 510. The van der Waals surface area contributed by atoms with Gasteiger partial charge in [-0.25, -0.2) is 0 Å². The summed E-state index contributed by atoms with van der Waals surface area (Å²) in [5.41, 5.74) is 7.12. The number of hydrogen-bond donors (Lipinski definition) is 1. The van der Waals surface area contributed by atoms with Crippen LogP contribution in [0.5, 0.6) is 11.5 Å². The zero-order valence-corrected chi connectivity index (χ0v) is 12.4. The van der Waals surface area contributed by atoms with Gasteiger partial charge in [0.2, 0.25) is 0 Å². The maximum absolute atomic E-state index is 5.98. The van der Waals surface area contributed by atoms with E-state index in [0.717, 1.165) is 27.1 Å². The molecule has 0 fully saturated rings. The maximum atomic E-state index is 5.98. The summed E-state index contributed by atoms with van der Waals surface area (Å²) in [6, 6.07) is 16.1. The normalized spacial score (nSPS) is 12.2. The van der Waals surface area contributed by atoms with E-state index in [9.17, 15) is 0 Å². The van der Waals surface area contributed by atoms with Crippen molar-refractivity contribution in [2.24, 2.45) is 5.73 Å². The van der Waals surface area contributed by atoms with E-state index in [4.69, 9.17) is 10.5 Å². The molecular formula is C15H16INO. The van der Waals surface area contributed by atoms with Gasteiger partial charge >= 0.3 is 0 Å². The molecule has 1 unspecified atom stereocenters. The van der Waals surface area contributed by atoms with E-state index >= 15 is 0 Å². The lowest BCUT2D eigenvalue weighted by atomic mass is 10.1. The molecule has 0 amide bonds. The molecule has 18 heavy (non-hydrogen) atoms. The Morgan fingerprint density at radius 1 is 1.11 bits per heavy atom. The molecular weight excluding hydrogens is 337 g/mol. The highest BCUT2D eigenvalue weighted by molar-refractivity contribution is 14.1. The molecule has 0 aliphatic rings. The zero-order valence-electron chi connectivity index (χ0n) is 10.3. The fourth-order valence-corrected chi connectivity index (χ4v) is 2.17. The van der Waals surface area contributed by atoms with Crippen LogP contribution in [0.3, 0.4) is 0 Å². The summed E-state index contributed by atoms with van der Waals surface area (Å²) < 4.78 is 6.93. The van der Waals surface area contributed by atoms with Crippen molar-refractivity contribution in [3.05, 3.63) is 57.7 Å². The van der Waals surface area contributed by atoms with Crippen LogP contribution in [-0.4, -0.2) is 0 Å². The maximum Gasteiger partial charge on any atom is 0.140 e. The smallest absolute Gasteiger partial charge is 0.140 e. The first-order valence-electron chi connectivity index (χ1n) is 5.98. The lowest BCUT2D eigenvalue weighted by Crippen LogP contribution is -2.08. The number of ether oxygens (including phenoxy) is 1. The van der Waals surface area contributed by atoms with Crippen LogP contribution in [0.25, 0.3) is 0 Å². The molecule has 2 nitrogen and oxygen atoms in total. The predicted molar refractivity (Wildman–Crippen MR) is 82.9 cm³/mol. The Kier molecular flexibility index (Phi) is 4.60. The van der Waals surface area contributed by atoms with Gasteiger partial charge in [-0.3, -0.25) is 0 Å². The van der Waals surface area contributed by atoms with Crippen LogP contribution >= 0.6 is 22.6 Å². The predicted octanol–water partition coefficient (Wildman–Crippen LogP) is 4.49. The van der Waals surface area contributed by atoms with Gasteiger partial charge < -0.3 is 10.5 Å². The van der Waals surface area contributed by atoms with Crippen LogP contribution in [0.15, 0.2) is 48.5 Å². The average Bonchev–Trinajstić information content (AvgIpc) is 2.41. The number of benzene rings is 2. The Hall–Kier alpha value is -1.07. The third kappa shape index (κ3) is 3.23. The molecule has 2 aromatic rings. The van der Waals surface area contributed by atoms with Crippen LogP contribution in [-0.2, 0) is 0 Å². The molecule has 0 saturated carbocycles. The van der Waals surface area contributed by atoms with E-state index in [1.54, 1.807) is 0 Å². The van der Waals surface area contributed by atoms with Gasteiger partial charge in [0.15, 0.2) is 0 Å². The van der Waals surface area contributed by atoms with Crippen molar-refractivity contribution in [3.8, 4) is 11.5 Å². The Morgan fingerprint density at radius 2 is 1.78 bits per heavy atom.